The first kappa shape index (κ1) is 17.1. The third-order valence-corrected chi connectivity index (χ3v) is 4.99. The van der Waals surface area contributed by atoms with Gasteiger partial charge in [-0.25, -0.2) is 4.98 Å². The quantitative estimate of drug-likeness (QED) is 0.748. The standard InChI is InChI=1S/C21H30N2O/c1-21(2,3)20-22-19(17-11-8-12-18(13-17)24-4)15-23(20)14-16-9-6-5-7-10-16/h8,11-13,15-16H,5-7,9-10,14H2,1-4H3. The fraction of sp³-hybridized carbons (Fsp3) is 0.571. The number of rotatable bonds is 4. The molecule has 0 N–H and O–H groups in total. The van der Waals surface area contributed by atoms with Gasteiger partial charge in [-0.15, -0.1) is 0 Å². The second-order valence-electron chi connectivity index (χ2n) is 8.09. The summed E-state index contributed by atoms with van der Waals surface area (Å²) >= 11 is 0. The van der Waals surface area contributed by atoms with Gasteiger partial charge in [0.05, 0.1) is 12.8 Å². The van der Waals surface area contributed by atoms with E-state index in [9.17, 15) is 0 Å². The first-order chi connectivity index (χ1) is 11.5. The smallest absolute Gasteiger partial charge is 0.119 e. The van der Waals surface area contributed by atoms with Crippen molar-refractivity contribution in [2.24, 2.45) is 5.92 Å². The lowest BCUT2D eigenvalue weighted by atomic mass is 9.88. The van der Waals surface area contributed by atoms with Crippen molar-refractivity contribution in [2.75, 3.05) is 7.11 Å². The number of aromatic nitrogens is 2. The molecule has 0 atom stereocenters. The number of hydrogen-bond acceptors (Lipinski definition) is 2. The molecule has 0 aliphatic heterocycles. The number of imidazole rings is 1. The molecule has 1 aromatic carbocycles. The van der Waals surface area contributed by atoms with E-state index in [2.05, 4.69) is 43.7 Å². The largest absolute Gasteiger partial charge is 0.497 e. The summed E-state index contributed by atoms with van der Waals surface area (Å²) in [6.45, 7) is 7.86. The topological polar surface area (TPSA) is 27.1 Å². The highest BCUT2D eigenvalue weighted by Crippen LogP contribution is 2.31. The van der Waals surface area contributed by atoms with Gasteiger partial charge in [-0.1, -0.05) is 52.2 Å². The highest BCUT2D eigenvalue weighted by Gasteiger charge is 2.24. The molecule has 24 heavy (non-hydrogen) atoms. The van der Waals surface area contributed by atoms with Crippen LogP contribution in [0.1, 0.15) is 58.7 Å². The normalized spacial score (nSPS) is 16.3. The van der Waals surface area contributed by atoms with Crippen molar-refractivity contribution in [1.29, 1.82) is 0 Å². The molecular weight excluding hydrogens is 296 g/mol. The van der Waals surface area contributed by atoms with Gasteiger partial charge >= 0.3 is 0 Å². The summed E-state index contributed by atoms with van der Waals surface area (Å²) in [5.74, 6) is 2.87. The van der Waals surface area contributed by atoms with Crippen LogP contribution in [0.5, 0.6) is 5.75 Å². The molecule has 0 bridgehead atoms. The molecule has 1 aromatic heterocycles. The molecule has 3 rings (SSSR count). The van der Waals surface area contributed by atoms with Crippen LogP contribution in [-0.4, -0.2) is 16.7 Å². The SMILES string of the molecule is COc1cccc(-c2cn(CC3CCCCC3)c(C(C)(C)C)n2)c1. The maximum atomic E-state index is 5.37. The van der Waals surface area contributed by atoms with Crippen LogP contribution < -0.4 is 4.74 Å². The number of nitrogens with zero attached hydrogens (tertiary/aromatic N) is 2. The predicted octanol–water partition coefficient (Wildman–Crippen LogP) is 5.44. The maximum absolute atomic E-state index is 5.37. The second kappa shape index (κ2) is 7.00. The van der Waals surface area contributed by atoms with Gasteiger partial charge in [0.2, 0.25) is 0 Å². The van der Waals surface area contributed by atoms with Gasteiger partial charge in [0, 0.05) is 23.7 Å². The lowest BCUT2D eigenvalue weighted by Crippen LogP contribution is -2.22. The van der Waals surface area contributed by atoms with Gasteiger partial charge in [-0.3, -0.25) is 0 Å². The lowest BCUT2D eigenvalue weighted by Gasteiger charge is -2.25. The van der Waals surface area contributed by atoms with Gasteiger partial charge < -0.3 is 9.30 Å². The zero-order chi connectivity index (χ0) is 17.2. The summed E-state index contributed by atoms with van der Waals surface area (Å²) in [6.07, 6.45) is 9.12. The van der Waals surface area contributed by atoms with E-state index in [0.29, 0.717) is 0 Å². The van der Waals surface area contributed by atoms with E-state index in [1.165, 1.54) is 37.9 Å². The molecule has 0 radical (unpaired) electrons. The van der Waals surface area contributed by atoms with Crippen molar-refractivity contribution in [1.82, 2.24) is 9.55 Å². The first-order valence-electron chi connectivity index (χ1n) is 9.19. The van der Waals surface area contributed by atoms with Gasteiger partial charge in [0.15, 0.2) is 0 Å². The van der Waals surface area contributed by atoms with E-state index >= 15 is 0 Å². The van der Waals surface area contributed by atoms with E-state index in [0.717, 1.165) is 29.5 Å². The predicted molar refractivity (Wildman–Crippen MR) is 99.5 cm³/mol. The summed E-state index contributed by atoms with van der Waals surface area (Å²) in [5.41, 5.74) is 2.23. The molecule has 1 heterocycles. The minimum Gasteiger partial charge on any atom is -0.497 e. The summed E-state index contributed by atoms with van der Waals surface area (Å²) < 4.78 is 7.78. The van der Waals surface area contributed by atoms with Crippen molar-refractivity contribution in [3.63, 3.8) is 0 Å². The van der Waals surface area contributed by atoms with Crippen molar-refractivity contribution in [3.8, 4) is 17.0 Å². The summed E-state index contributed by atoms with van der Waals surface area (Å²) in [4.78, 5) is 5.00. The molecule has 1 saturated carbocycles. The Morgan fingerprint density at radius 3 is 2.58 bits per heavy atom. The third kappa shape index (κ3) is 3.82. The van der Waals surface area contributed by atoms with E-state index in [1.807, 2.05) is 12.1 Å². The van der Waals surface area contributed by atoms with Crippen LogP contribution >= 0.6 is 0 Å². The number of ether oxygens (including phenoxy) is 1. The van der Waals surface area contributed by atoms with Crippen LogP contribution in [0, 0.1) is 5.92 Å². The van der Waals surface area contributed by atoms with E-state index < -0.39 is 0 Å². The third-order valence-electron chi connectivity index (χ3n) is 4.99. The number of methoxy groups -OCH3 is 1. The van der Waals surface area contributed by atoms with Crippen LogP contribution in [0.4, 0.5) is 0 Å². The Hall–Kier alpha value is -1.77. The summed E-state index contributed by atoms with van der Waals surface area (Å²) in [7, 11) is 1.71. The minimum absolute atomic E-state index is 0.0474. The van der Waals surface area contributed by atoms with Crippen molar-refractivity contribution < 1.29 is 4.74 Å². The molecular formula is C21H30N2O. The van der Waals surface area contributed by atoms with Gasteiger partial charge in [0.1, 0.15) is 11.6 Å². The van der Waals surface area contributed by atoms with Crippen LogP contribution in [-0.2, 0) is 12.0 Å². The van der Waals surface area contributed by atoms with Crippen LogP contribution in [0.3, 0.4) is 0 Å². The van der Waals surface area contributed by atoms with Gasteiger partial charge in [-0.2, -0.15) is 0 Å². The Labute approximate surface area is 146 Å². The first-order valence-corrected chi connectivity index (χ1v) is 9.19. The van der Waals surface area contributed by atoms with Crippen molar-refractivity contribution in [2.45, 2.75) is 64.8 Å². The number of hydrogen-bond donors (Lipinski definition) is 0. The molecule has 2 aromatic rings. The molecule has 0 spiro atoms. The van der Waals surface area contributed by atoms with Gasteiger partial charge in [-0.05, 0) is 30.9 Å². The molecule has 1 aliphatic carbocycles. The molecule has 1 fully saturated rings. The Balaban J connectivity index is 1.93. The van der Waals surface area contributed by atoms with E-state index in [1.54, 1.807) is 7.11 Å². The highest BCUT2D eigenvalue weighted by molar-refractivity contribution is 5.61. The average Bonchev–Trinajstić information content (AvgIpc) is 3.00. The van der Waals surface area contributed by atoms with Crippen LogP contribution in [0.25, 0.3) is 11.3 Å². The van der Waals surface area contributed by atoms with Gasteiger partial charge in [0.25, 0.3) is 0 Å². The molecule has 130 valence electrons. The number of benzene rings is 1. The molecule has 3 heteroatoms. The monoisotopic (exact) mass is 326 g/mol. The fourth-order valence-corrected chi connectivity index (χ4v) is 3.72. The van der Waals surface area contributed by atoms with Crippen molar-refractivity contribution in [3.05, 3.63) is 36.3 Å². The molecule has 1 aliphatic rings. The Morgan fingerprint density at radius 2 is 1.92 bits per heavy atom. The van der Waals surface area contributed by atoms with E-state index in [4.69, 9.17) is 9.72 Å². The Morgan fingerprint density at radius 1 is 1.17 bits per heavy atom. The van der Waals surface area contributed by atoms with Crippen molar-refractivity contribution >= 4 is 0 Å². The Kier molecular flexibility index (Phi) is 4.98. The molecule has 0 saturated heterocycles. The van der Waals surface area contributed by atoms with E-state index in [-0.39, 0.29) is 5.41 Å². The molecule has 3 nitrogen and oxygen atoms in total. The average molecular weight is 326 g/mol. The Bertz CT molecular complexity index is 675. The molecule has 0 unspecified atom stereocenters. The summed E-state index contributed by atoms with van der Waals surface area (Å²) in [6, 6.07) is 8.19. The van der Waals surface area contributed by atoms with Crippen LogP contribution in [0.15, 0.2) is 30.5 Å². The minimum atomic E-state index is 0.0474. The molecule has 0 amide bonds. The second-order valence-corrected chi connectivity index (χ2v) is 8.09. The zero-order valence-electron chi connectivity index (χ0n) is 15.5. The highest BCUT2D eigenvalue weighted by atomic mass is 16.5. The summed E-state index contributed by atoms with van der Waals surface area (Å²) in [5, 5.41) is 0. The fourth-order valence-electron chi connectivity index (χ4n) is 3.72. The zero-order valence-corrected chi connectivity index (χ0v) is 15.5. The van der Waals surface area contributed by atoms with Crippen LogP contribution in [0.2, 0.25) is 0 Å². The lowest BCUT2D eigenvalue weighted by molar-refractivity contribution is 0.309. The maximum Gasteiger partial charge on any atom is 0.119 e.